The summed E-state index contributed by atoms with van der Waals surface area (Å²) in [4.78, 5) is 12.4. The number of fused-ring (bicyclic) bond motifs is 1. The summed E-state index contributed by atoms with van der Waals surface area (Å²) in [6.45, 7) is 1.21. The molecule has 1 unspecified atom stereocenters. The third kappa shape index (κ3) is 1.98. The molecule has 2 aliphatic rings. The Hall–Kier alpha value is -2.37. The van der Waals surface area contributed by atoms with Crippen LogP contribution < -0.4 is 0 Å². The molecule has 21 heavy (non-hydrogen) atoms. The fraction of sp³-hybridized carbons (Fsp3) is 0.333. The summed E-state index contributed by atoms with van der Waals surface area (Å²) in [5.74, 6) is 0.897. The molecule has 0 bridgehead atoms. The van der Waals surface area contributed by atoms with Gasteiger partial charge in [-0.2, -0.15) is 5.10 Å². The Morgan fingerprint density at radius 1 is 1.19 bits per heavy atom. The molecule has 4 rings (SSSR count). The highest BCUT2D eigenvalue weighted by atomic mass is 19.1. The maximum absolute atomic E-state index is 12.9. The van der Waals surface area contributed by atoms with Gasteiger partial charge in [0.1, 0.15) is 5.82 Å². The number of likely N-dealkylation sites (tertiary alicyclic amines) is 1. The van der Waals surface area contributed by atoms with Gasteiger partial charge in [0.25, 0.3) is 0 Å². The summed E-state index contributed by atoms with van der Waals surface area (Å²) in [5.41, 5.74) is 1.82. The average molecular weight is 287 g/mol. The minimum Gasteiger partial charge on any atom is -0.465 e. The summed E-state index contributed by atoms with van der Waals surface area (Å²) < 4.78 is 14.7. The van der Waals surface area contributed by atoms with E-state index in [-0.39, 0.29) is 5.82 Å². The zero-order valence-electron chi connectivity index (χ0n) is 11.2. The van der Waals surface area contributed by atoms with Gasteiger partial charge in [0.15, 0.2) is 0 Å². The van der Waals surface area contributed by atoms with E-state index in [1.54, 1.807) is 16.8 Å². The highest BCUT2D eigenvalue weighted by Gasteiger charge is 2.58. The number of aromatic nitrogens is 2. The monoisotopic (exact) mass is 287 g/mol. The molecule has 0 spiro atoms. The quantitative estimate of drug-likeness (QED) is 0.922. The van der Waals surface area contributed by atoms with Crippen molar-refractivity contribution >= 4 is 6.09 Å². The zero-order chi connectivity index (χ0) is 14.6. The van der Waals surface area contributed by atoms with Gasteiger partial charge in [0, 0.05) is 25.2 Å². The van der Waals surface area contributed by atoms with Crippen LogP contribution in [0.4, 0.5) is 9.18 Å². The van der Waals surface area contributed by atoms with E-state index in [1.807, 2.05) is 12.3 Å². The molecule has 1 aliphatic heterocycles. The van der Waals surface area contributed by atoms with Crippen LogP contribution in [0.25, 0.3) is 5.69 Å². The Balaban J connectivity index is 1.50. The van der Waals surface area contributed by atoms with Crippen molar-refractivity contribution in [2.75, 3.05) is 13.1 Å². The SMILES string of the molecule is O=C(O)N1CC2[C@@H](C1)[C@H]2c1ccn(-c2ccc(F)cc2)n1. The number of rotatable bonds is 2. The Kier molecular flexibility index (Phi) is 2.54. The number of piperidine rings is 1. The number of halogens is 1. The van der Waals surface area contributed by atoms with Gasteiger partial charge >= 0.3 is 6.09 Å². The average Bonchev–Trinajstić information content (AvgIpc) is 2.87. The topological polar surface area (TPSA) is 58.4 Å². The molecule has 1 saturated carbocycles. The predicted molar refractivity (Wildman–Crippen MR) is 72.8 cm³/mol. The molecular formula is C15H14FN3O2. The van der Waals surface area contributed by atoms with Crippen LogP contribution in [-0.4, -0.2) is 39.0 Å². The van der Waals surface area contributed by atoms with Crippen molar-refractivity contribution in [1.82, 2.24) is 14.7 Å². The number of nitrogens with zero attached hydrogens (tertiary/aromatic N) is 3. The fourth-order valence-corrected chi connectivity index (χ4v) is 3.37. The van der Waals surface area contributed by atoms with Crippen molar-refractivity contribution in [3.63, 3.8) is 0 Å². The van der Waals surface area contributed by atoms with Gasteiger partial charge in [-0.15, -0.1) is 0 Å². The molecule has 108 valence electrons. The lowest BCUT2D eigenvalue weighted by Crippen LogP contribution is -2.29. The van der Waals surface area contributed by atoms with E-state index in [4.69, 9.17) is 5.11 Å². The summed E-state index contributed by atoms with van der Waals surface area (Å²) in [6.07, 6.45) is 1.03. The lowest BCUT2D eigenvalue weighted by molar-refractivity contribution is 0.150. The maximum Gasteiger partial charge on any atom is 0.407 e. The largest absolute Gasteiger partial charge is 0.465 e. The van der Waals surface area contributed by atoms with Gasteiger partial charge in [-0.05, 0) is 42.2 Å². The van der Waals surface area contributed by atoms with Crippen molar-refractivity contribution in [2.24, 2.45) is 11.8 Å². The van der Waals surface area contributed by atoms with E-state index >= 15 is 0 Å². The predicted octanol–water partition coefficient (Wildman–Crippen LogP) is 2.33. The van der Waals surface area contributed by atoms with Crippen LogP contribution in [0, 0.1) is 17.7 Å². The minimum absolute atomic E-state index is 0.267. The molecule has 5 nitrogen and oxygen atoms in total. The standard InChI is InChI=1S/C15H14FN3O2/c16-9-1-3-10(4-2-9)19-6-5-13(17-19)14-11-7-18(15(20)21)8-12(11)14/h1-6,11-12,14H,7-8H2,(H,20,21)/t11-,12?,14-/m1/s1. The molecule has 2 heterocycles. The highest BCUT2D eigenvalue weighted by Crippen LogP contribution is 2.57. The van der Waals surface area contributed by atoms with E-state index < -0.39 is 6.09 Å². The number of benzene rings is 1. The molecule has 2 aromatic rings. The van der Waals surface area contributed by atoms with E-state index in [9.17, 15) is 9.18 Å². The molecule has 1 saturated heterocycles. The van der Waals surface area contributed by atoms with Crippen molar-refractivity contribution in [2.45, 2.75) is 5.92 Å². The molecule has 1 aliphatic carbocycles. The molecule has 1 amide bonds. The van der Waals surface area contributed by atoms with E-state index in [0.29, 0.717) is 30.8 Å². The highest BCUT2D eigenvalue weighted by molar-refractivity contribution is 5.66. The van der Waals surface area contributed by atoms with Crippen LogP contribution in [0.1, 0.15) is 11.6 Å². The zero-order valence-corrected chi connectivity index (χ0v) is 11.2. The lowest BCUT2D eigenvalue weighted by atomic mass is 10.2. The Labute approximate surface area is 120 Å². The van der Waals surface area contributed by atoms with Crippen LogP contribution in [0.3, 0.4) is 0 Å². The third-order valence-corrected chi connectivity index (χ3v) is 4.51. The van der Waals surface area contributed by atoms with E-state index in [1.165, 1.54) is 17.0 Å². The number of carboxylic acid groups (broad SMARTS) is 1. The number of carbonyl (C=O) groups is 1. The normalized spacial score (nSPS) is 26.7. The van der Waals surface area contributed by atoms with Crippen molar-refractivity contribution in [3.8, 4) is 5.69 Å². The fourth-order valence-electron chi connectivity index (χ4n) is 3.37. The molecule has 1 aromatic heterocycles. The summed E-state index contributed by atoms with van der Waals surface area (Å²) in [7, 11) is 0. The summed E-state index contributed by atoms with van der Waals surface area (Å²) in [5, 5.41) is 13.5. The van der Waals surface area contributed by atoms with Crippen molar-refractivity contribution < 1.29 is 14.3 Å². The number of amides is 1. The van der Waals surface area contributed by atoms with Crippen LogP contribution >= 0.6 is 0 Å². The number of hydrogen-bond acceptors (Lipinski definition) is 2. The van der Waals surface area contributed by atoms with E-state index in [2.05, 4.69) is 5.10 Å². The van der Waals surface area contributed by atoms with Crippen LogP contribution in [-0.2, 0) is 0 Å². The minimum atomic E-state index is -0.835. The Bertz CT molecular complexity index is 685. The van der Waals surface area contributed by atoms with Gasteiger partial charge in [-0.25, -0.2) is 13.9 Å². The molecular weight excluding hydrogens is 273 g/mol. The Morgan fingerprint density at radius 3 is 2.48 bits per heavy atom. The van der Waals surface area contributed by atoms with Crippen LogP contribution in [0.15, 0.2) is 36.5 Å². The van der Waals surface area contributed by atoms with Gasteiger partial charge in [0.05, 0.1) is 11.4 Å². The first-order valence-electron chi connectivity index (χ1n) is 6.93. The first-order chi connectivity index (χ1) is 10.1. The second-order valence-corrected chi connectivity index (χ2v) is 5.70. The van der Waals surface area contributed by atoms with Gasteiger partial charge in [0.2, 0.25) is 0 Å². The first-order valence-corrected chi connectivity index (χ1v) is 6.93. The summed E-state index contributed by atoms with van der Waals surface area (Å²) >= 11 is 0. The smallest absolute Gasteiger partial charge is 0.407 e. The molecule has 1 aromatic carbocycles. The van der Waals surface area contributed by atoms with Crippen molar-refractivity contribution in [3.05, 3.63) is 48.0 Å². The third-order valence-electron chi connectivity index (χ3n) is 4.51. The van der Waals surface area contributed by atoms with Crippen LogP contribution in [0.2, 0.25) is 0 Å². The molecule has 0 radical (unpaired) electrons. The van der Waals surface area contributed by atoms with E-state index in [0.717, 1.165) is 11.4 Å². The lowest BCUT2D eigenvalue weighted by Gasteiger charge is -2.14. The van der Waals surface area contributed by atoms with Gasteiger partial charge < -0.3 is 10.0 Å². The molecule has 1 N–H and O–H groups in total. The number of hydrogen-bond donors (Lipinski definition) is 1. The molecule has 3 atom stereocenters. The second kappa shape index (κ2) is 4.31. The second-order valence-electron chi connectivity index (χ2n) is 5.70. The van der Waals surface area contributed by atoms with Gasteiger partial charge in [-0.3, -0.25) is 0 Å². The first kappa shape index (κ1) is 12.4. The van der Waals surface area contributed by atoms with Crippen LogP contribution in [0.5, 0.6) is 0 Å². The Morgan fingerprint density at radius 2 is 1.86 bits per heavy atom. The van der Waals surface area contributed by atoms with Gasteiger partial charge in [-0.1, -0.05) is 0 Å². The summed E-state index contributed by atoms with van der Waals surface area (Å²) in [6, 6.07) is 8.16. The molecule has 2 fully saturated rings. The van der Waals surface area contributed by atoms with Crippen molar-refractivity contribution in [1.29, 1.82) is 0 Å². The molecule has 6 heteroatoms. The maximum atomic E-state index is 12.9.